The molecule has 206 valence electrons. The van der Waals surface area contributed by atoms with Gasteiger partial charge in [0.25, 0.3) is 0 Å². The van der Waals surface area contributed by atoms with Crippen LogP contribution in [0.5, 0.6) is 11.5 Å². The molecule has 4 aliphatic rings. The number of carbonyl (C=O) groups excluding carboxylic acids is 4. The number of ether oxygens (including phenoxy) is 1. The van der Waals surface area contributed by atoms with Gasteiger partial charge in [-0.25, -0.2) is 0 Å². The molecule has 3 aromatic carbocycles. The first kappa shape index (κ1) is 25.3. The van der Waals surface area contributed by atoms with Crippen LogP contribution in [0.15, 0.2) is 90.5 Å². The minimum atomic E-state index is -0.751. The van der Waals surface area contributed by atoms with E-state index < -0.39 is 35.5 Å². The van der Waals surface area contributed by atoms with Crippen molar-refractivity contribution in [1.82, 2.24) is 0 Å². The zero-order valence-electron chi connectivity index (χ0n) is 22.3. The molecule has 1 saturated carbocycles. The molecule has 2 aliphatic heterocycles. The lowest BCUT2D eigenvalue weighted by atomic mass is 9.57. The summed E-state index contributed by atoms with van der Waals surface area (Å²) in [5.41, 5.74) is 2.36. The lowest BCUT2D eigenvalue weighted by molar-refractivity contribution is -0.126. The van der Waals surface area contributed by atoms with Crippen LogP contribution < -0.4 is 14.5 Å². The van der Waals surface area contributed by atoms with Crippen molar-refractivity contribution in [3.63, 3.8) is 0 Å². The van der Waals surface area contributed by atoms with Gasteiger partial charge in [0.15, 0.2) is 0 Å². The van der Waals surface area contributed by atoms with Crippen LogP contribution in [0, 0.1) is 29.6 Å². The number of benzene rings is 3. The van der Waals surface area contributed by atoms with Crippen molar-refractivity contribution in [2.45, 2.75) is 18.8 Å². The van der Waals surface area contributed by atoms with Crippen molar-refractivity contribution >= 4 is 35.0 Å². The molecule has 2 heterocycles. The number of phenolic OH excluding ortho intramolecular Hbond substituents is 1. The van der Waals surface area contributed by atoms with Crippen molar-refractivity contribution in [3.05, 3.63) is 96.1 Å². The van der Waals surface area contributed by atoms with E-state index in [9.17, 15) is 24.3 Å². The minimum Gasteiger partial charge on any atom is -0.508 e. The number of hydrogen-bond acceptors (Lipinski definition) is 6. The van der Waals surface area contributed by atoms with Gasteiger partial charge in [-0.1, -0.05) is 54.1 Å². The van der Waals surface area contributed by atoms with Crippen LogP contribution >= 0.6 is 0 Å². The molecule has 6 atom stereocenters. The van der Waals surface area contributed by atoms with E-state index in [4.69, 9.17) is 4.74 Å². The van der Waals surface area contributed by atoms with E-state index in [0.29, 0.717) is 29.1 Å². The Morgan fingerprint density at radius 3 is 1.88 bits per heavy atom. The summed E-state index contributed by atoms with van der Waals surface area (Å²) < 4.78 is 5.29. The molecule has 0 aromatic heterocycles. The monoisotopic (exact) mass is 548 g/mol. The summed E-state index contributed by atoms with van der Waals surface area (Å²) in [5, 5.41) is 11.1. The van der Waals surface area contributed by atoms with E-state index >= 15 is 0 Å². The van der Waals surface area contributed by atoms with Gasteiger partial charge in [-0.2, -0.15) is 0 Å². The lowest BCUT2D eigenvalue weighted by Crippen LogP contribution is -2.43. The van der Waals surface area contributed by atoms with Gasteiger partial charge in [0.05, 0.1) is 42.2 Å². The molecule has 41 heavy (non-hydrogen) atoms. The Balaban J connectivity index is 1.35. The molecule has 2 saturated heterocycles. The third kappa shape index (κ3) is 3.66. The highest BCUT2D eigenvalue weighted by atomic mass is 16.5. The maximum Gasteiger partial charge on any atom is 0.238 e. The molecular weight excluding hydrogens is 520 g/mol. The smallest absolute Gasteiger partial charge is 0.238 e. The van der Waals surface area contributed by atoms with Gasteiger partial charge >= 0.3 is 0 Å². The first-order valence-corrected chi connectivity index (χ1v) is 13.8. The van der Waals surface area contributed by atoms with Crippen LogP contribution in [-0.2, 0) is 19.2 Å². The predicted molar refractivity (Wildman–Crippen MR) is 150 cm³/mol. The van der Waals surface area contributed by atoms with Crippen molar-refractivity contribution < 1.29 is 29.0 Å². The van der Waals surface area contributed by atoms with Crippen LogP contribution in [-0.4, -0.2) is 35.8 Å². The van der Waals surface area contributed by atoms with Crippen LogP contribution in [0.4, 0.5) is 11.4 Å². The predicted octanol–water partition coefficient (Wildman–Crippen LogP) is 4.45. The average Bonchev–Trinajstić information content (AvgIpc) is 3.40. The number of amides is 4. The summed E-state index contributed by atoms with van der Waals surface area (Å²) in [7, 11) is 1.50. The molecule has 4 amide bonds. The Bertz CT molecular complexity index is 1620. The number of fused-ring (bicyclic) bond motifs is 4. The quantitative estimate of drug-likeness (QED) is 0.382. The van der Waals surface area contributed by atoms with E-state index in [1.54, 1.807) is 60.7 Å². The number of allylic oxidation sites excluding steroid dienone is 2. The summed E-state index contributed by atoms with van der Waals surface area (Å²) in [4.78, 5) is 58.1. The van der Waals surface area contributed by atoms with E-state index in [-0.39, 0.29) is 35.8 Å². The zero-order valence-corrected chi connectivity index (χ0v) is 22.3. The Labute approximate surface area is 236 Å². The molecule has 0 bridgehead atoms. The van der Waals surface area contributed by atoms with Gasteiger partial charge < -0.3 is 9.84 Å². The number of carbonyl (C=O) groups is 4. The standard InChI is InChI=1S/C33H28N2O6/c1-41-20-12-13-22(26(36)16-20)27-21-14-15-23-28(32(39)34(30(23)37)18-8-4-2-5-9-18)24(21)17-25-29(27)33(40)35(31(25)38)19-10-6-3-7-11-19/h2-14,16,23-25,27-29,36H,15,17H2,1H3. The van der Waals surface area contributed by atoms with Gasteiger partial charge in [-0.3, -0.25) is 29.0 Å². The lowest BCUT2D eigenvalue weighted by Gasteiger charge is -2.44. The number of para-hydroxylation sites is 2. The van der Waals surface area contributed by atoms with Crippen LogP contribution in [0.1, 0.15) is 24.3 Å². The number of rotatable bonds is 4. The van der Waals surface area contributed by atoms with Crippen molar-refractivity contribution in [2.75, 3.05) is 16.9 Å². The number of methoxy groups -OCH3 is 1. The second-order valence-electron chi connectivity index (χ2n) is 11.1. The first-order chi connectivity index (χ1) is 19.9. The largest absolute Gasteiger partial charge is 0.508 e. The first-order valence-electron chi connectivity index (χ1n) is 13.8. The summed E-state index contributed by atoms with van der Waals surface area (Å²) in [6.45, 7) is 0. The van der Waals surface area contributed by atoms with E-state index in [2.05, 4.69) is 0 Å². The number of hydrogen-bond donors (Lipinski definition) is 1. The topological polar surface area (TPSA) is 104 Å². The SMILES string of the molecule is COc1ccc(C2C3=CCC4C(=O)N(c5ccccc5)C(=O)C4C3CC3C(=O)N(c4ccccc4)C(=O)C32)c(O)c1. The van der Waals surface area contributed by atoms with Gasteiger partial charge in [-0.05, 0) is 49.1 Å². The highest BCUT2D eigenvalue weighted by molar-refractivity contribution is 6.24. The average molecular weight is 549 g/mol. The molecule has 1 N–H and O–H groups in total. The molecule has 3 aromatic rings. The van der Waals surface area contributed by atoms with Gasteiger partial charge in [-0.15, -0.1) is 0 Å². The number of anilines is 2. The second kappa shape index (κ2) is 9.44. The third-order valence-corrected chi connectivity index (χ3v) is 9.25. The maximum absolute atomic E-state index is 14.1. The molecule has 3 fully saturated rings. The van der Waals surface area contributed by atoms with Crippen molar-refractivity contribution in [2.24, 2.45) is 29.6 Å². The fourth-order valence-electron chi connectivity index (χ4n) is 7.51. The number of imide groups is 2. The number of nitrogens with zero attached hydrogens (tertiary/aromatic N) is 2. The molecule has 8 nitrogen and oxygen atoms in total. The van der Waals surface area contributed by atoms with Crippen LogP contribution in [0.2, 0.25) is 0 Å². The fourth-order valence-corrected chi connectivity index (χ4v) is 7.51. The molecule has 6 unspecified atom stereocenters. The van der Waals surface area contributed by atoms with Crippen LogP contribution in [0.25, 0.3) is 0 Å². The molecular formula is C33H28N2O6. The number of phenols is 1. The normalized spacial score (nSPS) is 28.8. The minimum absolute atomic E-state index is 0.0464. The summed E-state index contributed by atoms with van der Waals surface area (Å²) in [6.07, 6.45) is 2.60. The van der Waals surface area contributed by atoms with Gasteiger partial charge in [0.2, 0.25) is 23.6 Å². The highest BCUT2D eigenvalue weighted by Gasteiger charge is 2.62. The molecule has 2 aliphatic carbocycles. The van der Waals surface area contributed by atoms with Crippen molar-refractivity contribution in [3.8, 4) is 11.5 Å². The van der Waals surface area contributed by atoms with Gasteiger partial charge in [0, 0.05) is 17.5 Å². The van der Waals surface area contributed by atoms with E-state index in [1.807, 2.05) is 18.2 Å². The Morgan fingerprint density at radius 1 is 0.707 bits per heavy atom. The Morgan fingerprint density at radius 2 is 1.29 bits per heavy atom. The second-order valence-corrected chi connectivity index (χ2v) is 11.1. The van der Waals surface area contributed by atoms with E-state index in [0.717, 1.165) is 5.57 Å². The highest BCUT2D eigenvalue weighted by Crippen LogP contribution is 2.59. The maximum atomic E-state index is 14.1. The van der Waals surface area contributed by atoms with Crippen LogP contribution in [0.3, 0.4) is 0 Å². The summed E-state index contributed by atoms with van der Waals surface area (Å²) in [5.74, 6) is -4.48. The summed E-state index contributed by atoms with van der Waals surface area (Å²) >= 11 is 0. The molecule has 7 rings (SSSR count). The van der Waals surface area contributed by atoms with Crippen molar-refractivity contribution in [1.29, 1.82) is 0 Å². The number of aromatic hydroxyl groups is 1. The molecule has 0 spiro atoms. The summed E-state index contributed by atoms with van der Waals surface area (Å²) in [6, 6.07) is 22.7. The zero-order chi connectivity index (χ0) is 28.4. The fraction of sp³-hybridized carbons (Fsp3) is 0.273. The molecule has 8 heteroatoms. The Kier molecular flexibility index (Phi) is 5.81. The third-order valence-electron chi connectivity index (χ3n) is 9.25. The molecule has 0 radical (unpaired) electrons. The van der Waals surface area contributed by atoms with E-state index in [1.165, 1.54) is 23.0 Å². The Hall–Kier alpha value is -4.72. The van der Waals surface area contributed by atoms with Gasteiger partial charge in [0.1, 0.15) is 11.5 Å².